The third kappa shape index (κ3) is 3.29. The molecular weight excluding hydrogens is 332 g/mol. The van der Waals surface area contributed by atoms with E-state index in [1.807, 2.05) is 11.3 Å². The van der Waals surface area contributed by atoms with E-state index in [-0.39, 0.29) is 0 Å². The van der Waals surface area contributed by atoms with E-state index in [4.69, 9.17) is 0 Å². The third-order valence-corrected chi connectivity index (χ3v) is 6.67. The van der Waals surface area contributed by atoms with Gasteiger partial charge in [-0.1, -0.05) is 6.42 Å². The molecule has 2 unspecified atom stereocenters. The standard InChI is InChI=1S/C16H25BrN2S/c1-11(2)19-8-12-4-3-5-13(9-19)16(12)18-7-15-6-14(17)10-20-15/h6,10-13,16,18H,3-5,7-9H2,1-2H3. The lowest BCUT2D eigenvalue weighted by molar-refractivity contribution is 0.0291. The molecule has 1 aromatic heterocycles. The van der Waals surface area contributed by atoms with Crippen LogP contribution in [0.3, 0.4) is 0 Å². The van der Waals surface area contributed by atoms with Crippen LogP contribution in [0.4, 0.5) is 0 Å². The van der Waals surface area contributed by atoms with Gasteiger partial charge in [-0.2, -0.15) is 0 Å². The molecule has 1 saturated heterocycles. The van der Waals surface area contributed by atoms with Gasteiger partial charge in [-0.05, 0) is 60.5 Å². The van der Waals surface area contributed by atoms with Gasteiger partial charge in [-0.3, -0.25) is 0 Å². The van der Waals surface area contributed by atoms with Gasteiger partial charge in [0.2, 0.25) is 0 Å². The van der Waals surface area contributed by atoms with Gasteiger partial charge in [0.05, 0.1) is 0 Å². The first-order valence-electron chi connectivity index (χ1n) is 7.84. The molecule has 2 heterocycles. The lowest BCUT2D eigenvalue weighted by atomic mass is 9.73. The molecule has 2 bridgehead atoms. The Morgan fingerprint density at radius 2 is 2.05 bits per heavy atom. The molecule has 1 aliphatic heterocycles. The van der Waals surface area contributed by atoms with Crippen molar-refractivity contribution in [2.24, 2.45) is 11.8 Å². The summed E-state index contributed by atoms with van der Waals surface area (Å²) >= 11 is 5.40. The molecule has 0 spiro atoms. The van der Waals surface area contributed by atoms with E-state index >= 15 is 0 Å². The van der Waals surface area contributed by atoms with Crippen LogP contribution in [0.5, 0.6) is 0 Å². The van der Waals surface area contributed by atoms with E-state index in [0.29, 0.717) is 6.04 Å². The summed E-state index contributed by atoms with van der Waals surface area (Å²) < 4.78 is 1.22. The van der Waals surface area contributed by atoms with Crippen molar-refractivity contribution in [2.45, 2.75) is 51.7 Å². The number of thiophene rings is 1. The molecular formula is C16H25BrN2S. The number of nitrogens with zero attached hydrogens (tertiary/aromatic N) is 1. The molecule has 1 aromatic rings. The number of nitrogens with one attached hydrogen (secondary N) is 1. The van der Waals surface area contributed by atoms with E-state index in [1.165, 1.54) is 41.7 Å². The number of piperidine rings is 1. The minimum Gasteiger partial charge on any atom is -0.308 e. The average Bonchev–Trinajstić information content (AvgIpc) is 2.81. The number of halogens is 1. The van der Waals surface area contributed by atoms with Crippen LogP contribution in [0.15, 0.2) is 15.9 Å². The molecule has 1 saturated carbocycles. The lowest BCUT2D eigenvalue weighted by Gasteiger charge is -2.49. The summed E-state index contributed by atoms with van der Waals surface area (Å²) in [6, 6.07) is 3.68. The van der Waals surface area contributed by atoms with Crippen LogP contribution in [0.2, 0.25) is 0 Å². The van der Waals surface area contributed by atoms with Gasteiger partial charge >= 0.3 is 0 Å². The molecule has 0 aromatic carbocycles. The quantitative estimate of drug-likeness (QED) is 0.873. The number of fused-ring (bicyclic) bond motifs is 2. The minimum absolute atomic E-state index is 0.701. The van der Waals surface area contributed by atoms with Crippen LogP contribution in [0, 0.1) is 11.8 Å². The molecule has 2 atom stereocenters. The van der Waals surface area contributed by atoms with Gasteiger partial charge in [-0.15, -0.1) is 11.3 Å². The van der Waals surface area contributed by atoms with Crippen LogP contribution in [-0.4, -0.2) is 30.1 Å². The van der Waals surface area contributed by atoms with Gasteiger partial charge < -0.3 is 10.2 Å². The third-order valence-electron chi connectivity index (χ3n) is 4.97. The summed E-state index contributed by atoms with van der Waals surface area (Å²) in [6.07, 6.45) is 4.25. The Bertz CT molecular complexity index is 431. The van der Waals surface area contributed by atoms with Crippen molar-refractivity contribution in [3.8, 4) is 0 Å². The Morgan fingerprint density at radius 3 is 2.60 bits per heavy atom. The molecule has 2 nitrogen and oxygen atoms in total. The Morgan fingerprint density at radius 1 is 1.35 bits per heavy atom. The zero-order valence-electron chi connectivity index (χ0n) is 12.4. The Kier molecular flexibility index (Phi) is 4.86. The maximum absolute atomic E-state index is 3.88. The van der Waals surface area contributed by atoms with Crippen LogP contribution in [-0.2, 0) is 6.54 Å². The number of likely N-dealkylation sites (tertiary alicyclic amines) is 1. The highest BCUT2D eigenvalue weighted by Crippen LogP contribution is 2.36. The number of hydrogen-bond acceptors (Lipinski definition) is 3. The number of hydrogen-bond donors (Lipinski definition) is 1. The topological polar surface area (TPSA) is 15.3 Å². The Balaban J connectivity index is 1.61. The SMILES string of the molecule is CC(C)N1CC2CCCC(C1)C2NCc1cc(Br)cs1. The van der Waals surface area contributed by atoms with Crippen molar-refractivity contribution < 1.29 is 0 Å². The second-order valence-corrected chi connectivity index (χ2v) is 8.55. The molecule has 112 valence electrons. The largest absolute Gasteiger partial charge is 0.308 e. The molecule has 20 heavy (non-hydrogen) atoms. The second-order valence-electron chi connectivity index (χ2n) is 6.64. The highest BCUT2D eigenvalue weighted by molar-refractivity contribution is 9.10. The van der Waals surface area contributed by atoms with Crippen molar-refractivity contribution in [3.63, 3.8) is 0 Å². The summed E-state index contributed by atoms with van der Waals surface area (Å²) in [5.41, 5.74) is 0. The fourth-order valence-corrected chi connectivity index (χ4v) is 5.29. The molecule has 2 aliphatic rings. The average molecular weight is 357 g/mol. The van der Waals surface area contributed by atoms with Crippen molar-refractivity contribution in [2.75, 3.05) is 13.1 Å². The maximum atomic E-state index is 3.88. The van der Waals surface area contributed by atoms with Crippen LogP contribution in [0.1, 0.15) is 38.0 Å². The van der Waals surface area contributed by atoms with E-state index < -0.39 is 0 Å². The van der Waals surface area contributed by atoms with E-state index in [0.717, 1.165) is 24.4 Å². The van der Waals surface area contributed by atoms with Crippen molar-refractivity contribution in [1.82, 2.24) is 10.2 Å². The first kappa shape index (κ1) is 15.0. The number of rotatable bonds is 4. The van der Waals surface area contributed by atoms with Crippen LogP contribution in [0.25, 0.3) is 0 Å². The van der Waals surface area contributed by atoms with Crippen LogP contribution >= 0.6 is 27.3 Å². The summed E-state index contributed by atoms with van der Waals surface area (Å²) in [6.45, 7) is 8.30. The van der Waals surface area contributed by atoms with Gasteiger partial charge in [0, 0.05) is 46.4 Å². The fourth-order valence-electron chi connectivity index (χ4n) is 3.89. The Labute approximate surface area is 135 Å². The summed E-state index contributed by atoms with van der Waals surface area (Å²) in [5.74, 6) is 1.71. The highest BCUT2D eigenvalue weighted by Gasteiger charge is 2.39. The van der Waals surface area contributed by atoms with Crippen molar-refractivity contribution in [1.29, 1.82) is 0 Å². The molecule has 0 amide bonds. The predicted octanol–water partition coefficient (Wildman–Crippen LogP) is 4.11. The van der Waals surface area contributed by atoms with E-state index in [2.05, 4.69) is 51.4 Å². The molecule has 2 fully saturated rings. The summed E-state index contributed by atoms with van der Waals surface area (Å²) in [5, 5.41) is 6.06. The zero-order valence-corrected chi connectivity index (χ0v) is 14.8. The molecule has 1 N–H and O–H groups in total. The first-order valence-corrected chi connectivity index (χ1v) is 9.51. The lowest BCUT2D eigenvalue weighted by Crippen LogP contribution is -2.58. The van der Waals surface area contributed by atoms with Gasteiger partial charge in [0.15, 0.2) is 0 Å². The summed E-state index contributed by atoms with van der Waals surface area (Å²) in [4.78, 5) is 4.13. The maximum Gasteiger partial charge on any atom is 0.0302 e. The van der Waals surface area contributed by atoms with Gasteiger partial charge in [-0.25, -0.2) is 0 Å². The Hall–Kier alpha value is 0.1000. The van der Waals surface area contributed by atoms with Gasteiger partial charge in [0.25, 0.3) is 0 Å². The zero-order chi connectivity index (χ0) is 14.1. The van der Waals surface area contributed by atoms with Crippen molar-refractivity contribution >= 4 is 27.3 Å². The second kappa shape index (κ2) is 6.47. The van der Waals surface area contributed by atoms with E-state index in [9.17, 15) is 0 Å². The molecule has 1 aliphatic carbocycles. The first-order chi connectivity index (χ1) is 9.63. The molecule has 3 rings (SSSR count). The highest BCUT2D eigenvalue weighted by atomic mass is 79.9. The summed E-state index contributed by atoms with van der Waals surface area (Å²) in [7, 11) is 0. The van der Waals surface area contributed by atoms with Crippen molar-refractivity contribution in [3.05, 3.63) is 20.8 Å². The monoisotopic (exact) mass is 356 g/mol. The van der Waals surface area contributed by atoms with Gasteiger partial charge in [0.1, 0.15) is 0 Å². The predicted molar refractivity (Wildman–Crippen MR) is 90.2 cm³/mol. The van der Waals surface area contributed by atoms with E-state index in [1.54, 1.807) is 0 Å². The minimum atomic E-state index is 0.701. The fraction of sp³-hybridized carbons (Fsp3) is 0.750. The smallest absolute Gasteiger partial charge is 0.0302 e. The molecule has 0 radical (unpaired) electrons. The molecule has 4 heteroatoms. The normalized spacial score (nSPS) is 30.9. The van der Waals surface area contributed by atoms with Crippen LogP contribution < -0.4 is 5.32 Å².